The summed E-state index contributed by atoms with van der Waals surface area (Å²) in [6, 6.07) is 6.86. The Kier molecular flexibility index (Phi) is 6.48. The summed E-state index contributed by atoms with van der Waals surface area (Å²) in [5.41, 5.74) is -1.25. The van der Waals surface area contributed by atoms with E-state index in [0.29, 0.717) is 13.1 Å². The zero-order valence-electron chi connectivity index (χ0n) is 16.7. The normalized spacial score (nSPS) is 17.0. The molecule has 0 bridgehead atoms. The molecule has 168 valence electrons. The molecule has 1 saturated heterocycles. The molecule has 8 nitrogen and oxygen atoms in total. The van der Waals surface area contributed by atoms with E-state index < -0.39 is 49.7 Å². The number of methoxy groups -OCH3 is 1. The van der Waals surface area contributed by atoms with Crippen LogP contribution in [0.4, 0.5) is 8.78 Å². The first-order chi connectivity index (χ1) is 14.6. The van der Waals surface area contributed by atoms with Gasteiger partial charge in [-0.3, -0.25) is 4.79 Å². The molecule has 1 aliphatic rings. The number of nitrogens with one attached hydrogen (secondary N) is 2. The molecule has 2 aromatic rings. The van der Waals surface area contributed by atoms with E-state index in [9.17, 15) is 27.1 Å². The van der Waals surface area contributed by atoms with Crippen LogP contribution < -0.4 is 20.5 Å². The first-order valence-corrected chi connectivity index (χ1v) is 11.0. The van der Waals surface area contributed by atoms with Crippen LogP contribution in [0.25, 0.3) is 0 Å². The Bertz CT molecular complexity index is 1070. The number of benzene rings is 2. The van der Waals surface area contributed by atoms with Gasteiger partial charge in [-0.15, -0.1) is 0 Å². The van der Waals surface area contributed by atoms with Gasteiger partial charge in [0.15, 0.2) is 4.87 Å². The first kappa shape index (κ1) is 22.9. The maximum Gasteiger partial charge on any atom is 0.260 e. The van der Waals surface area contributed by atoms with Crippen LogP contribution in [0.15, 0.2) is 36.4 Å². The minimum Gasteiger partial charge on any atom is -0.507 e. The number of aromatic hydroxyl groups is 1. The number of nitrogens with two attached hydrogens (primary N) is 1. The number of ether oxygens (including phenoxy) is 1. The van der Waals surface area contributed by atoms with Crippen LogP contribution in [-0.4, -0.2) is 39.6 Å². The smallest absolute Gasteiger partial charge is 0.260 e. The van der Waals surface area contributed by atoms with Crippen LogP contribution in [0, 0.1) is 17.6 Å². The third kappa shape index (κ3) is 4.08. The monoisotopic (exact) mass is 455 g/mol. The number of phenolic OH excluding ortho intramolecular Hbond substituents is 1. The highest BCUT2D eigenvalue weighted by Crippen LogP contribution is 2.42. The highest BCUT2D eigenvalue weighted by Gasteiger charge is 2.54. The molecule has 1 atom stereocenters. The minimum atomic E-state index is -4.82. The standard InChI is InChI=1S/C20H23F2N3O5S/c1-30-16-7-3-6-15(26)17(16)19(27)25-20(31(23,28)29,12-8-10-24-11-9-12)18-13(21)4-2-5-14(18)22/h2-7,12,24,26H,8-11H2,1H3,(H,25,27)(H2,23,28,29). The lowest BCUT2D eigenvalue weighted by molar-refractivity contribution is 0.0880. The van der Waals surface area contributed by atoms with Gasteiger partial charge in [0, 0.05) is 5.92 Å². The molecule has 11 heteroatoms. The van der Waals surface area contributed by atoms with Crippen molar-refractivity contribution in [2.45, 2.75) is 17.7 Å². The van der Waals surface area contributed by atoms with Gasteiger partial charge in [0.25, 0.3) is 5.91 Å². The summed E-state index contributed by atoms with van der Waals surface area (Å²) < 4.78 is 60.9. The van der Waals surface area contributed by atoms with Gasteiger partial charge in [-0.25, -0.2) is 22.3 Å². The van der Waals surface area contributed by atoms with E-state index in [1.165, 1.54) is 25.3 Å². The zero-order valence-corrected chi connectivity index (χ0v) is 17.5. The minimum absolute atomic E-state index is 0.0554. The van der Waals surface area contributed by atoms with Gasteiger partial charge in [-0.1, -0.05) is 12.1 Å². The maximum atomic E-state index is 14.9. The number of hydrogen-bond acceptors (Lipinski definition) is 6. The molecular weight excluding hydrogens is 432 g/mol. The number of amides is 1. The van der Waals surface area contributed by atoms with Crippen molar-refractivity contribution in [3.8, 4) is 11.5 Å². The molecule has 1 heterocycles. The van der Waals surface area contributed by atoms with Crippen LogP contribution >= 0.6 is 0 Å². The average molecular weight is 455 g/mol. The number of phenols is 1. The Hall–Kier alpha value is -2.76. The van der Waals surface area contributed by atoms with E-state index >= 15 is 0 Å². The molecular formula is C20H23F2N3O5S. The van der Waals surface area contributed by atoms with Gasteiger partial charge in [0.2, 0.25) is 10.0 Å². The summed E-state index contributed by atoms with van der Waals surface area (Å²) >= 11 is 0. The van der Waals surface area contributed by atoms with Crippen molar-refractivity contribution in [1.82, 2.24) is 10.6 Å². The predicted octanol–water partition coefficient (Wildman–Crippen LogP) is 1.55. The lowest BCUT2D eigenvalue weighted by Gasteiger charge is -2.41. The molecule has 0 radical (unpaired) electrons. The number of carbonyl (C=O) groups is 1. The molecule has 5 N–H and O–H groups in total. The van der Waals surface area contributed by atoms with E-state index in [2.05, 4.69) is 10.6 Å². The van der Waals surface area contributed by atoms with E-state index in [1.807, 2.05) is 0 Å². The lowest BCUT2D eigenvalue weighted by atomic mass is 9.84. The number of carbonyl (C=O) groups excluding carboxylic acids is 1. The van der Waals surface area contributed by atoms with Gasteiger partial charge in [0.1, 0.15) is 28.7 Å². The Morgan fingerprint density at radius 1 is 1.19 bits per heavy atom. The summed E-state index contributed by atoms with van der Waals surface area (Å²) in [7, 11) is -3.57. The van der Waals surface area contributed by atoms with E-state index in [0.717, 1.165) is 18.2 Å². The topological polar surface area (TPSA) is 131 Å². The van der Waals surface area contributed by atoms with Crippen molar-refractivity contribution < 1.29 is 31.8 Å². The Morgan fingerprint density at radius 3 is 2.32 bits per heavy atom. The Morgan fingerprint density at radius 2 is 1.77 bits per heavy atom. The van der Waals surface area contributed by atoms with E-state index in [-0.39, 0.29) is 24.2 Å². The van der Waals surface area contributed by atoms with Crippen LogP contribution in [0.2, 0.25) is 0 Å². The number of hydrogen-bond donors (Lipinski definition) is 4. The lowest BCUT2D eigenvalue weighted by Crippen LogP contribution is -2.61. The molecule has 1 aliphatic heterocycles. The largest absolute Gasteiger partial charge is 0.507 e. The number of primary sulfonamides is 1. The molecule has 1 amide bonds. The predicted molar refractivity (Wildman–Crippen MR) is 109 cm³/mol. The molecule has 2 aromatic carbocycles. The van der Waals surface area contributed by atoms with Crippen LogP contribution in [0.5, 0.6) is 11.5 Å². The molecule has 0 aliphatic carbocycles. The summed E-state index contributed by atoms with van der Waals surface area (Å²) in [5, 5.41) is 21.1. The van der Waals surface area contributed by atoms with Crippen LogP contribution in [0.3, 0.4) is 0 Å². The van der Waals surface area contributed by atoms with Crippen molar-refractivity contribution in [3.05, 3.63) is 59.2 Å². The van der Waals surface area contributed by atoms with Gasteiger partial charge < -0.3 is 20.5 Å². The number of halogens is 2. The van der Waals surface area contributed by atoms with Crippen molar-refractivity contribution >= 4 is 15.9 Å². The third-order valence-electron chi connectivity index (χ3n) is 5.45. The van der Waals surface area contributed by atoms with Crippen molar-refractivity contribution in [3.63, 3.8) is 0 Å². The van der Waals surface area contributed by atoms with E-state index in [4.69, 9.17) is 9.88 Å². The molecule has 1 unspecified atom stereocenters. The summed E-state index contributed by atoms with van der Waals surface area (Å²) in [6.07, 6.45) is 0.338. The first-order valence-electron chi connectivity index (χ1n) is 9.49. The quantitative estimate of drug-likeness (QED) is 0.523. The summed E-state index contributed by atoms with van der Waals surface area (Å²) in [4.78, 5) is 10.6. The maximum absolute atomic E-state index is 14.9. The Balaban J connectivity index is 2.27. The average Bonchev–Trinajstić information content (AvgIpc) is 2.72. The fraction of sp³-hybridized carbons (Fsp3) is 0.350. The SMILES string of the molecule is COc1cccc(O)c1C(=O)NC(c1c(F)cccc1F)(C1CCNCC1)S(N)(=O)=O. The second-order valence-electron chi connectivity index (χ2n) is 7.21. The molecule has 0 saturated carbocycles. The highest BCUT2D eigenvalue weighted by atomic mass is 32.2. The molecule has 0 aromatic heterocycles. The Labute approximate surface area is 178 Å². The van der Waals surface area contributed by atoms with Crippen molar-refractivity contribution in [1.29, 1.82) is 0 Å². The zero-order chi connectivity index (χ0) is 22.8. The molecule has 3 rings (SSSR count). The summed E-state index contributed by atoms with van der Waals surface area (Å²) in [5.74, 6) is -4.95. The van der Waals surface area contributed by atoms with Gasteiger partial charge in [-0.05, 0) is 50.2 Å². The van der Waals surface area contributed by atoms with E-state index in [1.54, 1.807) is 0 Å². The van der Waals surface area contributed by atoms with Crippen LogP contribution in [-0.2, 0) is 14.9 Å². The number of rotatable bonds is 6. The van der Waals surface area contributed by atoms with Crippen molar-refractivity contribution in [2.24, 2.45) is 11.1 Å². The third-order valence-corrected chi connectivity index (χ3v) is 6.98. The highest BCUT2D eigenvalue weighted by molar-refractivity contribution is 7.90. The number of piperidine rings is 1. The van der Waals surface area contributed by atoms with Gasteiger partial charge in [-0.2, -0.15) is 0 Å². The fourth-order valence-electron chi connectivity index (χ4n) is 4.04. The van der Waals surface area contributed by atoms with Gasteiger partial charge in [0.05, 0.1) is 12.7 Å². The van der Waals surface area contributed by atoms with Crippen LogP contribution in [0.1, 0.15) is 28.8 Å². The summed E-state index contributed by atoms with van der Waals surface area (Å²) in [6.45, 7) is 0.710. The van der Waals surface area contributed by atoms with Gasteiger partial charge >= 0.3 is 0 Å². The molecule has 31 heavy (non-hydrogen) atoms. The fourth-order valence-corrected chi connectivity index (χ4v) is 5.46. The molecule has 0 spiro atoms. The molecule has 1 fully saturated rings. The second-order valence-corrected chi connectivity index (χ2v) is 8.94. The van der Waals surface area contributed by atoms with Crippen molar-refractivity contribution in [2.75, 3.05) is 20.2 Å². The number of sulfonamides is 1. The second kappa shape index (κ2) is 8.77.